The van der Waals surface area contributed by atoms with Crippen LogP contribution in [-0.2, 0) is 0 Å². The second kappa shape index (κ2) is 2.70. The van der Waals surface area contributed by atoms with Gasteiger partial charge >= 0.3 is 0 Å². The highest BCUT2D eigenvalue weighted by atomic mass is 14.9. The minimum atomic E-state index is 0.345. The van der Waals surface area contributed by atoms with Crippen molar-refractivity contribution in [1.29, 1.82) is 0 Å². The first-order valence-corrected chi connectivity index (χ1v) is 3.81. The molecule has 1 aliphatic heterocycles. The third-order valence-electron chi connectivity index (χ3n) is 1.76. The first-order chi connectivity index (χ1) is 4.60. The lowest BCUT2D eigenvalue weighted by atomic mass is 9.94. The second-order valence-electron chi connectivity index (χ2n) is 3.82. The van der Waals surface area contributed by atoms with E-state index in [2.05, 4.69) is 31.1 Å². The quantitative estimate of drug-likeness (QED) is 0.535. The van der Waals surface area contributed by atoms with E-state index in [-0.39, 0.29) is 0 Å². The SMILES string of the molecule is CC1=NCC(C)(C)CNC1. The first-order valence-electron chi connectivity index (χ1n) is 3.81. The van der Waals surface area contributed by atoms with Gasteiger partial charge in [0.1, 0.15) is 0 Å². The monoisotopic (exact) mass is 140 g/mol. The van der Waals surface area contributed by atoms with E-state index in [9.17, 15) is 0 Å². The molecule has 0 aromatic rings. The predicted molar refractivity (Wildman–Crippen MR) is 44.6 cm³/mol. The van der Waals surface area contributed by atoms with Crippen LogP contribution in [0.25, 0.3) is 0 Å². The van der Waals surface area contributed by atoms with Crippen molar-refractivity contribution in [2.24, 2.45) is 10.4 Å². The van der Waals surface area contributed by atoms with Crippen molar-refractivity contribution in [2.45, 2.75) is 20.8 Å². The third-order valence-corrected chi connectivity index (χ3v) is 1.76. The van der Waals surface area contributed by atoms with Crippen LogP contribution in [0.5, 0.6) is 0 Å². The molecule has 1 N–H and O–H groups in total. The molecule has 10 heavy (non-hydrogen) atoms. The van der Waals surface area contributed by atoms with Crippen molar-refractivity contribution >= 4 is 5.71 Å². The van der Waals surface area contributed by atoms with Crippen LogP contribution in [0, 0.1) is 5.41 Å². The zero-order valence-corrected chi connectivity index (χ0v) is 7.07. The Labute approximate surface area is 62.7 Å². The van der Waals surface area contributed by atoms with Gasteiger partial charge in [0.2, 0.25) is 0 Å². The van der Waals surface area contributed by atoms with E-state index < -0.39 is 0 Å². The summed E-state index contributed by atoms with van der Waals surface area (Å²) in [5, 5.41) is 3.36. The molecular weight excluding hydrogens is 124 g/mol. The fourth-order valence-electron chi connectivity index (χ4n) is 1.04. The largest absolute Gasteiger partial charge is 0.311 e. The highest BCUT2D eigenvalue weighted by Gasteiger charge is 2.18. The summed E-state index contributed by atoms with van der Waals surface area (Å²) in [5.41, 5.74) is 1.57. The Balaban J connectivity index is 2.57. The molecule has 1 heterocycles. The first kappa shape index (κ1) is 7.73. The van der Waals surface area contributed by atoms with Gasteiger partial charge in [-0.15, -0.1) is 0 Å². The fraction of sp³-hybridized carbons (Fsp3) is 0.875. The van der Waals surface area contributed by atoms with Crippen LogP contribution in [-0.4, -0.2) is 25.3 Å². The number of aliphatic imine (C=N–C) groups is 1. The molecule has 0 aromatic heterocycles. The van der Waals surface area contributed by atoms with Crippen LogP contribution in [0.4, 0.5) is 0 Å². The lowest BCUT2D eigenvalue weighted by Crippen LogP contribution is -2.30. The van der Waals surface area contributed by atoms with E-state index in [4.69, 9.17) is 0 Å². The van der Waals surface area contributed by atoms with Crippen LogP contribution in [0.2, 0.25) is 0 Å². The molecule has 0 saturated carbocycles. The van der Waals surface area contributed by atoms with Crippen molar-refractivity contribution in [3.8, 4) is 0 Å². The summed E-state index contributed by atoms with van der Waals surface area (Å²) < 4.78 is 0. The minimum absolute atomic E-state index is 0.345. The van der Waals surface area contributed by atoms with Crippen molar-refractivity contribution in [3.05, 3.63) is 0 Å². The van der Waals surface area contributed by atoms with Gasteiger partial charge in [-0.05, 0) is 12.3 Å². The Morgan fingerprint density at radius 3 is 2.90 bits per heavy atom. The van der Waals surface area contributed by atoms with Gasteiger partial charge in [0.15, 0.2) is 0 Å². The number of rotatable bonds is 0. The van der Waals surface area contributed by atoms with Gasteiger partial charge in [-0.1, -0.05) is 13.8 Å². The molecule has 2 heteroatoms. The summed E-state index contributed by atoms with van der Waals surface area (Å²) in [6, 6.07) is 0. The third kappa shape index (κ3) is 2.10. The molecule has 0 spiro atoms. The molecule has 58 valence electrons. The second-order valence-corrected chi connectivity index (χ2v) is 3.82. The zero-order chi connectivity index (χ0) is 7.61. The molecule has 0 saturated heterocycles. The highest BCUT2D eigenvalue weighted by Crippen LogP contribution is 2.15. The van der Waals surface area contributed by atoms with Gasteiger partial charge < -0.3 is 5.32 Å². The smallest absolute Gasteiger partial charge is 0.0452 e. The van der Waals surface area contributed by atoms with Gasteiger partial charge in [-0.25, -0.2) is 0 Å². The van der Waals surface area contributed by atoms with Gasteiger partial charge in [-0.3, -0.25) is 4.99 Å². The summed E-state index contributed by atoms with van der Waals surface area (Å²) in [6.07, 6.45) is 0. The van der Waals surface area contributed by atoms with Crippen LogP contribution < -0.4 is 5.32 Å². The van der Waals surface area contributed by atoms with Crippen molar-refractivity contribution in [2.75, 3.05) is 19.6 Å². The van der Waals surface area contributed by atoms with Gasteiger partial charge in [0.05, 0.1) is 0 Å². The molecule has 0 fully saturated rings. The molecule has 1 aliphatic rings. The Morgan fingerprint density at radius 1 is 1.50 bits per heavy atom. The maximum absolute atomic E-state index is 4.43. The van der Waals surface area contributed by atoms with E-state index in [0.29, 0.717) is 5.41 Å². The molecule has 2 nitrogen and oxygen atoms in total. The zero-order valence-electron chi connectivity index (χ0n) is 7.07. The lowest BCUT2D eigenvalue weighted by molar-refractivity contribution is 0.370. The summed E-state index contributed by atoms with van der Waals surface area (Å²) >= 11 is 0. The average Bonchev–Trinajstić information content (AvgIpc) is 1.94. The predicted octanol–water partition coefficient (Wildman–Crippen LogP) is 1.08. The van der Waals surface area contributed by atoms with Crippen LogP contribution in [0.15, 0.2) is 4.99 Å². The standard InChI is InChI=1S/C8H16N2/c1-7-4-9-5-8(2,3)6-10-7/h9H,4-6H2,1-3H3. The lowest BCUT2D eigenvalue weighted by Gasteiger charge is -2.19. The maximum Gasteiger partial charge on any atom is 0.0452 e. The average molecular weight is 140 g/mol. The number of nitrogens with one attached hydrogen (secondary N) is 1. The Kier molecular flexibility index (Phi) is 2.09. The number of hydrogen-bond donors (Lipinski definition) is 1. The number of hydrogen-bond acceptors (Lipinski definition) is 2. The molecule has 0 amide bonds. The van der Waals surface area contributed by atoms with Gasteiger partial charge in [0.25, 0.3) is 0 Å². The number of nitrogens with zero attached hydrogens (tertiary/aromatic N) is 1. The molecule has 0 unspecified atom stereocenters. The van der Waals surface area contributed by atoms with E-state index >= 15 is 0 Å². The summed E-state index contributed by atoms with van der Waals surface area (Å²) in [4.78, 5) is 4.43. The van der Waals surface area contributed by atoms with Crippen LogP contribution >= 0.6 is 0 Å². The van der Waals surface area contributed by atoms with Gasteiger partial charge in [0, 0.05) is 25.3 Å². The molecular formula is C8H16N2. The van der Waals surface area contributed by atoms with Crippen molar-refractivity contribution in [3.63, 3.8) is 0 Å². The fourth-order valence-corrected chi connectivity index (χ4v) is 1.04. The normalized spacial score (nSPS) is 25.3. The Morgan fingerprint density at radius 2 is 2.20 bits per heavy atom. The van der Waals surface area contributed by atoms with Crippen LogP contribution in [0.3, 0.4) is 0 Å². The Bertz CT molecular complexity index is 147. The minimum Gasteiger partial charge on any atom is -0.311 e. The van der Waals surface area contributed by atoms with E-state index in [1.807, 2.05) is 0 Å². The molecule has 1 rings (SSSR count). The van der Waals surface area contributed by atoms with E-state index in [0.717, 1.165) is 19.6 Å². The van der Waals surface area contributed by atoms with Crippen molar-refractivity contribution in [1.82, 2.24) is 5.32 Å². The van der Waals surface area contributed by atoms with Crippen molar-refractivity contribution < 1.29 is 0 Å². The Hall–Kier alpha value is -0.370. The summed E-state index contributed by atoms with van der Waals surface area (Å²) in [7, 11) is 0. The topological polar surface area (TPSA) is 24.4 Å². The molecule has 0 radical (unpaired) electrons. The van der Waals surface area contributed by atoms with Gasteiger partial charge in [-0.2, -0.15) is 0 Å². The highest BCUT2D eigenvalue weighted by molar-refractivity contribution is 5.84. The summed E-state index contributed by atoms with van der Waals surface area (Å²) in [5.74, 6) is 0. The van der Waals surface area contributed by atoms with E-state index in [1.54, 1.807) is 0 Å². The summed E-state index contributed by atoms with van der Waals surface area (Å²) in [6.45, 7) is 9.56. The molecule has 0 aromatic carbocycles. The maximum atomic E-state index is 4.43. The van der Waals surface area contributed by atoms with E-state index in [1.165, 1.54) is 5.71 Å². The molecule has 0 atom stereocenters. The molecule has 0 aliphatic carbocycles. The molecule has 0 bridgehead atoms. The van der Waals surface area contributed by atoms with Crippen LogP contribution in [0.1, 0.15) is 20.8 Å².